The number of urea groups is 1. The van der Waals surface area contributed by atoms with Gasteiger partial charge in [-0.05, 0) is 30.5 Å². The van der Waals surface area contributed by atoms with E-state index in [2.05, 4.69) is 27.3 Å². The third-order valence-electron chi connectivity index (χ3n) is 3.51. The lowest BCUT2D eigenvalue weighted by atomic mass is 10.1. The van der Waals surface area contributed by atoms with Gasteiger partial charge in [0.2, 0.25) is 0 Å². The van der Waals surface area contributed by atoms with Gasteiger partial charge in [0.15, 0.2) is 0 Å². The summed E-state index contributed by atoms with van der Waals surface area (Å²) in [4.78, 5) is 14.1. The lowest BCUT2D eigenvalue weighted by Gasteiger charge is -2.21. The molecule has 0 aliphatic carbocycles. The first-order valence-corrected chi connectivity index (χ1v) is 8.30. The van der Waals surface area contributed by atoms with Crippen molar-refractivity contribution in [3.05, 3.63) is 70.2 Å². The molecule has 0 radical (unpaired) electrons. The molecule has 2 rings (SSSR count). The van der Waals surface area contributed by atoms with E-state index in [9.17, 15) is 4.79 Å². The summed E-state index contributed by atoms with van der Waals surface area (Å²) in [5.41, 5.74) is 2.35. The predicted molar refractivity (Wildman–Crippen MR) is 93.8 cm³/mol. The molecule has 116 valence electrons. The minimum Gasteiger partial charge on any atom is -0.338 e. The van der Waals surface area contributed by atoms with Crippen LogP contribution in [-0.2, 0) is 13.0 Å². The summed E-state index contributed by atoms with van der Waals surface area (Å²) < 4.78 is 1.08. The average molecular weight is 361 g/mol. The van der Waals surface area contributed by atoms with Crippen LogP contribution >= 0.6 is 15.9 Å². The highest BCUT2D eigenvalue weighted by molar-refractivity contribution is 9.10. The monoisotopic (exact) mass is 360 g/mol. The van der Waals surface area contributed by atoms with Gasteiger partial charge in [0, 0.05) is 24.1 Å². The smallest absolute Gasteiger partial charge is 0.317 e. The van der Waals surface area contributed by atoms with Gasteiger partial charge in [-0.15, -0.1) is 0 Å². The molecule has 0 bridgehead atoms. The van der Waals surface area contributed by atoms with Crippen molar-refractivity contribution in [3.63, 3.8) is 0 Å². The number of carbonyl (C=O) groups excluding carboxylic acids is 1. The zero-order chi connectivity index (χ0) is 15.8. The Kier molecular flexibility index (Phi) is 6.46. The molecule has 0 unspecified atom stereocenters. The molecule has 0 aromatic heterocycles. The first-order chi connectivity index (χ1) is 10.7. The van der Waals surface area contributed by atoms with Crippen molar-refractivity contribution in [2.75, 3.05) is 13.1 Å². The number of hydrogen-bond acceptors (Lipinski definition) is 1. The third-order valence-corrected chi connectivity index (χ3v) is 4.29. The van der Waals surface area contributed by atoms with Crippen LogP contribution in [0.3, 0.4) is 0 Å². The van der Waals surface area contributed by atoms with Crippen LogP contribution in [0.1, 0.15) is 18.1 Å². The van der Waals surface area contributed by atoms with Crippen LogP contribution in [0.5, 0.6) is 0 Å². The summed E-state index contributed by atoms with van der Waals surface area (Å²) in [5, 5.41) is 3.00. The van der Waals surface area contributed by atoms with E-state index in [1.165, 1.54) is 5.56 Å². The largest absolute Gasteiger partial charge is 0.338 e. The maximum absolute atomic E-state index is 12.3. The van der Waals surface area contributed by atoms with Crippen LogP contribution in [0, 0.1) is 0 Å². The summed E-state index contributed by atoms with van der Waals surface area (Å²) in [7, 11) is 0. The topological polar surface area (TPSA) is 32.3 Å². The van der Waals surface area contributed by atoms with E-state index >= 15 is 0 Å². The maximum Gasteiger partial charge on any atom is 0.317 e. The normalized spacial score (nSPS) is 10.3. The second-order valence-electron chi connectivity index (χ2n) is 5.07. The van der Waals surface area contributed by atoms with E-state index in [4.69, 9.17) is 0 Å². The highest BCUT2D eigenvalue weighted by Crippen LogP contribution is 2.15. The lowest BCUT2D eigenvalue weighted by Crippen LogP contribution is -2.40. The second kappa shape index (κ2) is 8.59. The Morgan fingerprint density at radius 2 is 1.77 bits per heavy atom. The highest BCUT2D eigenvalue weighted by atomic mass is 79.9. The molecule has 0 heterocycles. The number of benzene rings is 2. The lowest BCUT2D eigenvalue weighted by molar-refractivity contribution is 0.198. The molecule has 0 aliphatic heterocycles. The minimum absolute atomic E-state index is 0.0154. The SMILES string of the molecule is CCN(Cc1ccccc1)C(=O)NCCc1ccccc1Br. The van der Waals surface area contributed by atoms with Crippen molar-refractivity contribution in [3.8, 4) is 0 Å². The number of nitrogens with one attached hydrogen (secondary N) is 1. The Balaban J connectivity index is 1.83. The number of carbonyl (C=O) groups is 1. The number of rotatable bonds is 6. The van der Waals surface area contributed by atoms with E-state index < -0.39 is 0 Å². The highest BCUT2D eigenvalue weighted by Gasteiger charge is 2.11. The fourth-order valence-corrected chi connectivity index (χ4v) is 2.73. The van der Waals surface area contributed by atoms with Crippen molar-refractivity contribution in [1.29, 1.82) is 0 Å². The molecule has 4 heteroatoms. The van der Waals surface area contributed by atoms with Crippen LogP contribution < -0.4 is 5.32 Å². The summed E-state index contributed by atoms with van der Waals surface area (Å²) in [6, 6.07) is 18.1. The Morgan fingerprint density at radius 1 is 1.09 bits per heavy atom. The van der Waals surface area contributed by atoms with Gasteiger partial charge >= 0.3 is 6.03 Å². The van der Waals surface area contributed by atoms with E-state index in [0.717, 1.165) is 16.5 Å². The Morgan fingerprint density at radius 3 is 2.45 bits per heavy atom. The van der Waals surface area contributed by atoms with E-state index in [1.807, 2.05) is 60.4 Å². The molecule has 1 N–H and O–H groups in total. The second-order valence-corrected chi connectivity index (χ2v) is 5.93. The molecular formula is C18H21BrN2O. The van der Waals surface area contributed by atoms with Crippen LogP contribution in [0.4, 0.5) is 4.79 Å². The fourth-order valence-electron chi connectivity index (χ4n) is 2.25. The van der Waals surface area contributed by atoms with Crippen molar-refractivity contribution in [2.24, 2.45) is 0 Å². The molecule has 2 aromatic carbocycles. The van der Waals surface area contributed by atoms with Gasteiger partial charge in [-0.2, -0.15) is 0 Å². The Hall–Kier alpha value is -1.81. The fraction of sp³-hybridized carbons (Fsp3) is 0.278. The van der Waals surface area contributed by atoms with Crippen LogP contribution in [-0.4, -0.2) is 24.0 Å². The van der Waals surface area contributed by atoms with Gasteiger partial charge < -0.3 is 10.2 Å². The summed E-state index contributed by atoms with van der Waals surface area (Å²) in [6.45, 7) is 3.96. The third kappa shape index (κ3) is 4.88. The van der Waals surface area contributed by atoms with Crippen LogP contribution in [0.15, 0.2) is 59.1 Å². The summed E-state index contributed by atoms with van der Waals surface area (Å²) in [5.74, 6) is 0. The molecule has 0 saturated heterocycles. The molecule has 2 aromatic rings. The molecule has 3 nitrogen and oxygen atoms in total. The predicted octanol–water partition coefficient (Wildman–Crippen LogP) is 4.22. The average Bonchev–Trinajstić information content (AvgIpc) is 2.55. The zero-order valence-electron chi connectivity index (χ0n) is 12.8. The quantitative estimate of drug-likeness (QED) is 0.821. The van der Waals surface area contributed by atoms with E-state index in [1.54, 1.807) is 0 Å². The van der Waals surface area contributed by atoms with Gasteiger partial charge in [0.05, 0.1) is 0 Å². The van der Waals surface area contributed by atoms with E-state index in [0.29, 0.717) is 19.6 Å². The summed E-state index contributed by atoms with van der Waals surface area (Å²) >= 11 is 3.53. The first kappa shape index (κ1) is 16.6. The molecular weight excluding hydrogens is 340 g/mol. The Labute approximate surface area is 140 Å². The van der Waals surface area contributed by atoms with Gasteiger partial charge in [-0.3, -0.25) is 0 Å². The molecule has 2 amide bonds. The molecule has 0 spiro atoms. The zero-order valence-corrected chi connectivity index (χ0v) is 14.3. The molecule has 0 fully saturated rings. The molecule has 0 aliphatic rings. The van der Waals surface area contributed by atoms with Gasteiger partial charge in [0.25, 0.3) is 0 Å². The van der Waals surface area contributed by atoms with Crippen molar-refractivity contribution in [2.45, 2.75) is 19.9 Å². The van der Waals surface area contributed by atoms with E-state index in [-0.39, 0.29) is 6.03 Å². The van der Waals surface area contributed by atoms with Gasteiger partial charge in [-0.1, -0.05) is 64.5 Å². The van der Waals surface area contributed by atoms with Gasteiger partial charge in [0.1, 0.15) is 0 Å². The summed E-state index contributed by atoms with van der Waals surface area (Å²) in [6.07, 6.45) is 0.816. The first-order valence-electron chi connectivity index (χ1n) is 7.50. The van der Waals surface area contributed by atoms with Crippen molar-refractivity contribution in [1.82, 2.24) is 10.2 Å². The van der Waals surface area contributed by atoms with Gasteiger partial charge in [-0.25, -0.2) is 4.79 Å². The molecule has 0 atom stereocenters. The maximum atomic E-state index is 12.3. The van der Waals surface area contributed by atoms with Crippen LogP contribution in [0.25, 0.3) is 0 Å². The number of hydrogen-bond donors (Lipinski definition) is 1. The van der Waals surface area contributed by atoms with Crippen molar-refractivity contribution >= 4 is 22.0 Å². The molecule has 22 heavy (non-hydrogen) atoms. The molecule has 0 saturated carbocycles. The minimum atomic E-state index is -0.0154. The number of halogens is 1. The van der Waals surface area contributed by atoms with Crippen molar-refractivity contribution < 1.29 is 4.79 Å². The number of amides is 2. The Bertz CT molecular complexity index is 601. The standard InChI is InChI=1S/C18H21BrN2O/c1-2-21(14-15-8-4-3-5-9-15)18(22)20-13-12-16-10-6-7-11-17(16)19/h3-11H,2,12-14H2,1H3,(H,20,22). The van der Waals surface area contributed by atoms with Crippen LogP contribution in [0.2, 0.25) is 0 Å². The number of nitrogens with zero attached hydrogens (tertiary/aromatic N) is 1.